The van der Waals surface area contributed by atoms with Crippen molar-refractivity contribution in [1.82, 2.24) is 10.2 Å². The number of aliphatic imine (C=N–C) groups is 1. The summed E-state index contributed by atoms with van der Waals surface area (Å²) in [5.41, 5.74) is 0. The SMILES string of the molecule is CCNC(=NCC1COCCO1)N1CCC(CC(C)C)C1.I. The Bertz CT molecular complexity index is 333. The molecule has 0 amide bonds. The zero-order chi connectivity index (χ0) is 15.1. The third-order valence-electron chi connectivity index (χ3n) is 4.05. The van der Waals surface area contributed by atoms with Crippen molar-refractivity contribution >= 4 is 29.9 Å². The second kappa shape index (κ2) is 10.6. The predicted molar refractivity (Wildman–Crippen MR) is 101 cm³/mol. The minimum Gasteiger partial charge on any atom is -0.376 e. The standard InChI is InChI=1S/C16H31N3O2.HI/c1-4-17-16(18-10-15-12-20-7-8-21-15)19-6-5-14(11-19)9-13(2)3;/h13-15H,4-12H2,1-3H3,(H,17,18);1H. The molecule has 5 nitrogen and oxygen atoms in total. The average Bonchev–Trinajstić information content (AvgIpc) is 2.92. The number of ether oxygens (including phenoxy) is 2. The Hall–Kier alpha value is -0.0800. The number of rotatable bonds is 5. The quantitative estimate of drug-likeness (QED) is 0.418. The zero-order valence-corrected chi connectivity index (χ0v) is 16.5. The lowest BCUT2D eigenvalue weighted by Crippen LogP contribution is -2.41. The molecule has 2 atom stereocenters. The van der Waals surface area contributed by atoms with Crippen molar-refractivity contribution in [3.05, 3.63) is 0 Å². The Morgan fingerprint density at radius 2 is 2.18 bits per heavy atom. The summed E-state index contributed by atoms with van der Waals surface area (Å²) in [5.74, 6) is 2.63. The van der Waals surface area contributed by atoms with Gasteiger partial charge < -0.3 is 19.7 Å². The second-order valence-corrected chi connectivity index (χ2v) is 6.49. The number of hydrogen-bond donors (Lipinski definition) is 1. The first-order chi connectivity index (χ1) is 10.2. The molecule has 2 rings (SSSR count). The van der Waals surface area contributed by atoms with E-state index in [0.717, 1.165) is 37.4 Å². The van der Waals surface area contributed by atoms with E-state index in [0.29, 0.717) is 26.4 Å². The summed E-state index contributed by atoms with van der Waals surface area (Å²) in [7, 11) is 0. The molecule has 2 aliphatic rings. The minimum absolute atomic E-state index is 0. The van der Waals surface area contributed by atoms with Gasteiger partial charge in [0.25, 0.3) is 0 Å². The summed E-state index contributed by atoms with van der Waals surface area (Å²) in [6.45, 7) is 12.7. The molecule has 0 radical (unpaired) electrons. The fourth-order valence-corrected chi connectivity index (χ4v) is 3.14. The fraction of sp³-hybridized carbons (Fsp3) is 0.938. The molecule has 0 aliphatic carbocycles. The lowest BCUT2D eigenvalue weighted by atomic mass is 9.97. The largest absolute Gasteiger partial charge is 0.376 e. The molecule has 0 spiro atoms. The van der Waals surface area contributed by atoms with Crippen LogP contribution in [0.4, 0.5) is 0 Å². The normalized spacial score (nSPS) is 26.2. The lowest BCUT2D eigenvalue weighted by molar-refractivity contribution is -0.0833. The van der Waals surface area contributed by atoms with Gasteiger partial charge in [0.2, 0.25) is 0 Å². The molecule has 0 aromatic carbocycles. The van der Waals surface area contributed by atoms with Crippen molar-refractivity contribution in [2.75, 3.05) is 46.0 Å². The van der Waals surface area contributed by atoms with E-state index >= 15 is 0 Å². The fourth-order valence-electron chi connectivity index (χ4n) is 3.14. The van der Waals surface area contributed by atoms with Gasteiger partial charge in [0.15, 0.2) is 5.96 Å². The number of likely N-dealkylation sites (tertiary alicyclic amines) is 1. The van der Waals surface area contributed by atoms with E-state index < -0.39 is 0 Å². The van der Waals surface area contributed by atoms with Crippen LogP contribution in [0.3, 0.4) is 0 Å². The van der Waals surface area contributed by atoms with Gasteiger partial charge in [-0.25, -0.2) is 0 Å². The van der Waals surface area contributed by atoms with Gasteiger partial charge >= 0.3 is 0 Å². The topological polar surface area (TPSA) is 46.1 Å². The number of nitrogens with one attached hydrogen (secondary N) is 1. The van der Waals surface area contributed by atoms with E-state index in [4.69, 9.17) is 14.5 Å². The van der Waals surface area contributed by atoms with Crippen LogP contribution in [0.1, 0.15) is 33.6 Å². The van der Waals surface area contributed by atoms with Crippen molar-refractivity contribution in [2.45, 2.75) is 39.7 Å². The Labute approximate surface area is 152 Å². The van der Waals surface area contributed by atoms with Crippen LogP contribution in [-0.2, 0) is 9.47 Å². The van der Waals surface area contributed by atoms with E-state index in [1.165, 1.54) is 12.8 Å². The van der Waals surface area contributed by atoms with Crippen LogP contribution in [0.5, 0.6) is 0 Å². The highest BCUT2D eigenvalue weighted by molar-refractivity contribution is 14.0. The van der Waals surface area contributed by atoms with E-state index in [9.17, 15) is 0 Å². The lowest BCUT2D eigenvalue weighted by Gasteiger charge is -2.25. The maximum absolute atomic E-state index is 5.66. The van der Waals surface area contributed by atoms with Gasteiger partial charge in [-0.2, -0.15) is 0 Å². The van der Waals surface area contributed by atoms with Crippen molar-refractivity contribution in [3.63, 3.8) is 0 Å². The minimum atomic E-state index is 0. The summed E-state index contributed by atoms with van der Waals surface area (Å²) in [6, 6.07) is 0. The van der Waals surface area contributed by atoms with Crippen molar-refractivity contribution < 1.29 is 9.47 Å². The molecule has 2 saturated heterocycles. The summed E-state index contributed by atoms with van der Waals surface area (Å²) >= 11 is 0. The molecule has 0 aromatic rings. The van der Waals surface area contributed by atoms with Crippen LogP contribution in [0, 0.1) is 11.8 Å². The van der Waals surface area contributed by atoms with Gasteiger partial charge in [-0.3, -0.25) is 4.99 Å². The first-order valence-corrected chi connectivity index (χ1v) is 8.41. The first kappa shape index (κ1) is 20.0. The third-order valence-corrected chi connectivity index (χ3v) is 4.05. The zero-order valence-electron chi connectivity index (χ0n) is 14.2. The smallest absolute Gasteiger partial charge is 0.194 e. The molecule has 1 N–H and O–H groups in total. The number of nitrogens with zero attached hydrogens (tertiary/aromatic N) is 2. The third kappa shape index (κ3) is 6.58. The molecule has 130 valence electrons. The summed E-state index contributed by atoms with van der Waals surface area (Å²) < 4.78 is 11.1. The molecule has 2 fully saturated rings. The summed E-state index contributed by atoms with van der Waals surface area (Å²) in [6.07, 6.45) is 2.71. The van der Waals surface area contributed by atoms with Crippen molar-refractivity contribution in [3.8, 4) is 0 Å². The van der Waals surface area contributed by atoms with Gasteiger partial charge in [0.1, 0.15) is 6.10 Å². The van der Waals surface area contributed by atoms with Gasteiger partial charge in [-0.15, -0.1) is 24.0 Å². The van der Waals surface area contributed by atoms with E-state index in [2.05, 4.69) is 31.0 Å². The number of guanidine groups is 1. The molecule has 2 aliphatic heterocycles. The highest BCUT2D eigenvalue weighted by atomic mass is 127. The Kier molecular flexibility index (Phi) is 9.66. The van der Waals surface area contributed by atoms with E-state index in [1.807, 2.05) is 0 Å². The van der Waals surface area contributed by atoms with Crippen molar-refractivity contribution in [2.24, 2.45) is 16.8 Å². The molecule has 0 aromatic heterocycles. The maximum Gasteiger partial charge on any atom is 0.194 e. The first-order valence-electron chi connectivity index (χ1n) is 8.41. The molecule has 22 heavy (non-hydrogen) atoms. The van der Waals surface area contributed by atoms with Gasteiger partial charge in [-0.05, 0) is 31.6 Å². The van der Waals surface area contributed by atoms with Crippen LogP contribution >= 0.6 is 24.0 Å². The summed E-state index contributed by atoms with van der Waals surface area (Å²) in [4.78, 5) is 7.16. The van der Waals surface area contributed by atoms with Gasteiger partial charge in [0, 0.05) is 19.6 Å². The molecule has 2 unspecified atom stereocenters. The van der Waals surface area contributed by atoms with Crippen LogP contribution < -0.4 is 5.32 Å². The molecule has 2 heterocycles. The Balaban J connectivity index is 0.00000242. The van der Waals surface area contributed by atoms with Crippen LogP contribution in [-0.4, -0.2) is 63.0 Å². The highest BCUT2D eigenvalue weighted by Gasteiger charge is 2.25. The molecular formula is C16H32IN3O2. The Morgan fingerprint density at radius 3 is 2.82 bits per heavy atom. The van der Waals surface area contributed by atoms with Crippen molar-refractivity contribution in [1.29, 1.82) is 0 Å². The monoisotopic (exact) mass is 425 g/mol. The Morgan fingerprint density at radius 1 is 1.36 bits per heavy atom. The molecule has 0 saturated carbocycles. The maximum atomic E-state index is 5.66. The molecular weight excluding hydrogens is 393 g/mol. The average molecular weight is 425 g/mol. The van der Waals surface area contributed by atoms with Gasteiger partial charge in [0.05, 0.1) is 26.4 Å². The van der Waals surface area contributed by atoms with E-state index in [-0.39, 0.29) is 30.1 Å². The van der Waals surface area contributed by atoms with E-state index in [1.54, 1.807) is 0 Å². The molecule has 0 bridgehead atoms. The molecule has 6 heteroatoms. The highest BCUT2D eigenvalue weighted by Crippen LogP contribution is 2.23. The van der Waals surface area contributed by atoms with Crippen LogP contribution in [0.2, 0.25) is 0 Å². The summed E-state index contributed by atoms with van der Waals surface area (Å²) in [5, 5.41) is 3.42. The number of halogens is 1. The van der Waals surface area contributed by atoms with Crippen LogP contribution in [0.25, 0.3) is 0 Å². The van der Waals surface area contributed by atoms with Crippen LogP contribution in [0.15, 0.2) is 4.99 Å². The predicted octanol–water partition coefficient (Wildman–Crippen LogP) is 2.35. The van der Waals surface area contributed by atoms with Gasteiger partial charge in [-0.1, -0.05) is 13.8 Å². The second-order valence-electron chi connectivity index (χ2n) is 6.49. The number of hydrogen-bond acceptors (Lipinski definition) is 3.